The molecule has 1 aliphatic rings. The van der Waals surface area contributed by atoms with Crippen molar-refractivity contribution in [3.05, 3.63) is 57.3 Å². The molecule has 1 fully saturated rings. The number of amides is 1. The zero-order chi connectivity index (χ0) is 21.1. The Morgan fingerprint density at radius 3 is 2.62 bits per heavy atom. The molecule has 0 spiro atoms. The van der Waals surface area contributed by atoms with Crippen molar-refractivity contribution in [2.45, 2.75) is 19.4 Å². The number of aliphatic hydroxyl groups excluding tert-OH is 1. The van der Waals surface area contributed by atoms with Gasteiger partial charge in [0.25, 0.3) is 11.7 Å². The molecule has 0 aliphatic carbocycles. The summed E-state index contributed by atoms with van der Waals surface area (Å²) in [6.45, 7) is 3.12. The van der Waals surface area contributed by atoms with Crippen LogP contribution in [-0.2, 0) is 9.59 Å². The number of aliphatic hydroxyl groups is 1. The summed E-state index contributed by atoms with van der Waals surface area (Å²) >= 11 is 1.47. The summed E-state index contributed by atoms with van der Waals surface area (Å²) in [5.74, 6) is -0.656. The second-order valence-electron chi connectivity index (χ2n) is 7.35. The highest BCUT2D eigenvalue weighted by molar-refractivity contribution is 7.10. The van der Waals surface area contributed by atoms with Gasteiger partial charge in [0.05, 0.1) is 18.7 Å². The molecule has 2 aromatic rings. The number of nitrogens with zero attached hydrogens (tertiary/aromatic N) is 2. The zero-order valence-corrected chi connectivity index (χ0v) is 18.0. The average Bonchev–Trinajstić information content (AvgIpc) is 3.29. The van der Waals surface area contributed by atoms with E-state index in [1.54, 1.807) is 30.2 Å². The third-order valence-corrected chi connectivity index (χ3v) is 5.95. The second-order valence-corrected chi connectivity index (χ2v) is 8.33. The van der Waals surface area contributed by atoms with E-state index in [4.69, 9.17) is 4.74 Å². The van der Waals surface area contributed by atoms with E-state index in [0.717, 1.165) is 23.4 Å². The van der Waals surface area contributed by atoms with Crippen LogP contribution in [0.25, 0.3) is 5.76 Å². The first kappa shape index (κ1) is 21.1. The molecule has 1 atom stereocenters. The van der Waals surface area contributed by atoms with E-state index < -0.39 is 17.7 Å². The fraction of sp³-hybridized carbons (Fsp3) is 0.364. The van der Waals surface area contributed by atoms with Gasteiger partial charge in [-0.2, -0.15) is 0 Å². The number of Topliss-reactive ketones (excluding diaryl/α,β-unsaturated/α-hetero) is 1. The molecule has 1 saturated heterocycles. The van der Waals surface area contributed by atoms with Crippen LogP contribution in [0.2, 0.25) is 0 Å². The lowest BCUT2D eigenvalue weighted by Gasteiger charge is -2.24. The van der Waals surface area contributed by atoms with E-state index in [9.17, 15) is 14.7 Å². The normalized spacial score (nSPS) is 18.7. The van der Waals surface area contributed by atoms with Crippen molar-refractivity contribution in [2.24, 2.45) is 0 Å². The van der Waals surface area contributed by atoms with Crippen LogP contribution in [-0.4, -0.2) is 60.9 Å². The fourth-order valence-corrected chi connectivity index (χ4v) is 4.44. The first-order valence-electron chi connectivity index (χ1n) is 9.46. The maximum absolute atomic E-state index is 12.9. The predicted octanol–water partition coefficient (Wildman–Crippen LogP) is 3.44. The molecule has 2 heterocycles. The molecular formula is C22H26N2O4S. The number of methoxy groups -OCH3 is 1. The number of aryl methyl sites for hydroxylation is 1. The number of carbonyl (C=O) groups excluding carboxylic acids is 2. The summed E-state index contributed by atoms with van der Waals surface area (Å²) in [6, 6.07) is 8.42. The van der Waals surface area contributed by atoms with E-state index in [0.29, 0.717) is 17.9 Å². The summed E-state index contributed by atoms with van der Waals surface area (Å²) in [5, 5.41) is 12.9. The molecule has 7 heteroatoms. The molecule has 1 N–H and O–H groups in total. The highest BCUT2D eigenvalue weighted by atomic mass is 32.1. The molecule has 0 saturated carbocycles. The van der Waals surface area contributed by atoms with E-state index in [-0.39, 0.29) is 11.3 Å². The van der Waals surface area contributed by atoms with Gasteiger partial charge in [-0.05, 0) is 69.2 Å². The van der Waals surface area contributed by atoms with Crippen molar-refractivity contribution in [3.8, 4) is 5.75 Å². The lowest BCUT2D eigenvalue weighted by Crippen LogP contribution is -2.32. The molecule has 154 valence electrons. The minimum absolute atomic E-state index is 0.145. The van der Waals surface area contributed by atoms with E-state index in [2.05, 4.69) is 0 Å². The van der Waals surface area contributed by atoms with Crippen molar-refractivity contribution in [1.29, 1.82) is 0 Å². The largest absolute Gasteiger partial charge is 0.507 e. The molecule has 1 aromatic carbocycles. The van der Waals surface area contributed by atoms with Crippen LogP contribution in [0.15, 0.2) is 41.3 Å². The fourth-order valence-electron chi connectivity index (χ4n) is 3.59. The van der Waals surface area contributed by atoms with Crippen LogP contribution in [0.3, 0.4) is 0 Å². The first-order chi connectivity index (χ1) is 13.8. The Kier molecular flexibility index (Phi) is 6.39. The van der Waals surface area contributed by atoms with Gasteiger partial charge >= 0.3 is 0 Å². The number of rotatable bonds is 7. The van der Waals surface area contributed by atoms with Crippen molar-refractivity contribution in [1.82, 2.24) is 9.80 Å². The Balaban J connectivity index is 2.05. The van der Waals surface area contributed by atoms with Crippen LogP contribution in [0.1, 0.15) is 28.5 Å². The standard InChI is InChI=1S/C22H26N2O4S/c1-14-13-15(8-9-16(14)28-4)20(25)18-19(17-7-5-12-29-17)24(22(27)21(18)26)11-6-10-23(2)3/h5,7-9,12-13,19,25H,6,10-11H2,1-4H3/b20-18+/t19-/m0/s1. The van der Waals surface area contributed by atoms with E-state index in [1.807, 2.05) is 43.4 Å². The van der Waals surface area contributed by atoms with Gasteiger partial charge in [0.1, 0.15) is 11.5 Å². The number of thiophene rings is 1. The Labute approximate surface area is 175 Å². The monoisotopic (exact) mass is 414 g/mol. The quantitative estimate of drug-likeness (QED) is 0.427. The SMILES string of the molecule is COc1ccc(/C(O)=C2\C(=O)C(=O)N(CCCN(C)C)[C@H]2c2cccs2)cc1C. The average molecular weight is 415 g/mol. The number of benzene rings is 1. The summed E-state index contributed by atoms with van der Waals surface area (Å²) in [6.07, 6.45) is 0.740. The molecule has 1 aliphatic heterocycles. The Morgan fingerprint density at radius 2 is 2.03 bits per heavy atom. The minimum Gasteiger partial charge on any atom is -0.507 e. The second kappa shape index (κ2) is 8.80. The third kappa shape index (κ3) is 4.21. The number of carbonyl (C=O) groups is 2. The van der Waals surface area contributed by atoms with Gasteiger partial charge in [-0.25, -0.2) is 0 Å². The highest BCUT2D eigenvalue weighted by Crippen LogP contribution is 2.41. The van der Waals surface area contributed by atoms with E-state index in [1.165, 1.54) is 11.3 Å². The molecule has 29 heavy (non-hydrogen) atoms. The first-order valence-corrected chi connectivity index (χ1v) is 10.3. The van der Waals surface area contributed by atoms with Gasteiger partial charge in [0.15, 0.2) is 0 Å². The van der Waals surface area contributed by atoms with Gasteiger partial charge in [-0.3, -0.25) is 9.59 Å². The van der Waals surface area contributed by atoms with Crippen LogP contribution in [0.5, 0.6) is 5.75 Å². The number of hydrogen-bond acceptors (Lipinski definition) is 6. The number of likely N-dealkylation sites (tertiary alicyclic amines) is 1. The molecule has 1 aromatic heterocycles. The molecule has 6 nitrogen and oxygen atoms in total. The zero-order valence-electron chi connectivity index (χ0n) is 17.1. The van der Waals surface area contributed by atoms with Gasteiger partial charge in [0.2, 0.25) is 0 Å². The Bertz CT molecular complexity index is 934. The lowest BCUT2D eigenvalue weighted by molar-refractivity contribution is -0.139. The van der Waals surface area contributed by atoms with Gasteiger partial charge in [-0.15, -0.1) is 11.3 Å². The van der Waals surface area contributed by atoms with Crippen LogP contribution < -0.4 is 4.74 Å². The van der Waals surface area contributed by atoms with Crippen molar-refractivity contribution in [3.63, 3.8) is 0 Å². The maximum atomic E-state index is 12.9. The van der Waals surface area contributed by atoms with Crippen LogP contribution in [0, 0.1) is 6.92 Å². The predicted molar refractivity (Wildman–Crippen MR) is 114 cm³/mol. The van der Waals surface area contributed by atoms with Crippen molar-refractivity contribution < 1.29 is 19.4 Å². The van der Waals surface area contributed by atoms with Gasteiger partial charge < -0.3 is 19.6 Å². The molecule has 0 unspecified atom stereocenters. The lowest BCUT2D eigenvalue weighted by atomic mass is 9.98. The number of ketones is 1. The highest BCUT2D eigenvalue weighted by Gasteiger charge is 2.46. The smallest absolute Gasteiger partial charge is 0.295 e. The summed E-state index contributed by atoms with van der Waals surface area (Å²) in [5.41, 5.74) is 1.48. The summed E-state index contributed by atoms with van der Waals surface area (Å²) in [4.78, 5) is 30.2. The van der Waals surface area contributed by atoms with E-state index >= 15 is 0 Å². The number of hydrogen-bond donors (Lipinski definition) is 1. The molecule has 0 bridgehead atoms. The maximum Gasteiger partial charge on any atom is 0.295 e. The van der Waals surface area contributed by atoms with Gasteiger partial charge in [0, 0.05) is 17.0 Å². The molecule has 3 rings (SSSR count). The van der Waals surface area contributed by atoms with Crippen molar-refractivity contribution >= 4 is 28.8 Å². The van der Waals surface area contributed by atoms with Gasteiger partial charge in [-0.1, -0.05) is 6.07 Å². The Hall–Kier alpha value is -2.64. The third-order valence-electron chi connectivity index (χ3n) is 5.03. The minimum atomic E-state index is -0.640. The summed E-state index contributed by atoms with van der Waals surface area (Å²) < 4.78 is 5.27. The number of ether oxygens (including phenoxy) is 1. The topological polar surface area (TPSA) is 70.1 Å². The van der Waals surface area contributed by atoms with Crippen LogP contribution >= 0.6 is 11.3 Å². The molecule has 1 amide bonds. The Morgan fingerprint density at radius 1 is 1.28 bits per heavy atom. The summed E-state index contributed by atoms with van der Waals surface area (Å²) in [7, 11) is 5.52. The molecular weight excluding hydrogens is 388 g/mol. The van der Waals surface area contributed by atoms with Crippen LogP contribution in [0.4, 0.5) is 0 Å². The molecule has 0 radical (unpaired) electrons. The van der Waals surface area contributed by atoms with Crippen molar-refractivity contribution in [2.75, 3.05) is 34.3 Å².